The molecule has 1 heterocycles. The number of carbonyl (C=O) groups is 2. The normalized spacial score (nSPS) is 10.8. The number of primary amides is 1. The largest absolute Gasteiger partial charge is 0.369 e. The maximum atomic E-state index is 12.7. The zero-order valence-corrected chi connectivity index (χ0v) is 16.9. The number of hydrogen-bond donors (Lipinski definition) is 2. The predicted octanol–water partition coefficient (Wildman–Crippen LogP) is 4.79. The maximum absolute atomic E-state index is 12.7. The van der Waals surface area contributed by atoms with Crippen LogP contribution in [0.25, 0.3) is 20.8 Å². The molecule has 0 radical (unpaired) electrons. The van der Waals surface area contributed by atoms with E-state index in [-0.39, 0.29) is 11.7 Å². The highest BCUT2D eigenvalue weighted by Gasteiger charge is 2.13. The van der Waals surface area contributed by atoms with Crippen LogP contribution in [0.1, 0.15) is 10.4 Å². The van der Waals surface area contributed by atoms with E-state index in [2.05, 4.69) is 16.4 Å². The van der Waals surface area contributed by atoms with Gasteiger partial charge in [-0.2, -0.15) is 0 Å². The molecular formula is C22H17N3O2S2. The highest BCUT2D eigenvalue weighted by Crippen LogP contribution is 2.31. The lowest BCUT2D eigenvalue weighted by Gasteiger charge is -2.09. The van der Waals surface area contributed by atoms with E-state index >= 15 is 0 Å². The van der Waals surface area contributed by atoms with Crippen molar-refractivity contribution in [2.45, 2.75) is 4.90 Å². The highest BCUT2D eigenvalue weighted by molar-refractivity contribution is 8.00. The van der Waals surface area contributed by atoms with Crippen LogP contribution < -0.4 is 11.1 Å². The van der Waals surface area contributed by atoms with E-state index in [1.807, 2.05) is 48.5 Å². The lowest BCUT2D eigenvalue weighted by atomic mass is 10.2. The number of rotatable bonds is 6. The number of thiazole rings is 1. The quantitative estimate of drug-likeness (QED) is 0.440. The first-order valence-corrected chi connectivity index (χ1v) is 10.7. The summed E-state index contributed by atoms with van der Waals surface area (Å²) in [6, 6.07) is 22.8. The lowest BCUT2D eigenvalue weighted by Crippen LogP contribution is -2.15. The third-order valence-corrected chi connectivity index (χ3v) is 6.37. The van der Waals surface area contributed by atoms with Crippen LogP contribution in [0.5, 0.6) is 0 Å². The van der Waals surface area contributed by atoms with Gasteiger partial charge in [-0.05, 0) is 48.5 Å². The lowest BCUT2D eigenvalue weighted by molar-refractivity contribution is -0.115. The molecule has 1 aromatic heterocycles. The molecule has 29 heavy (non-hydrogen) atoms. The Morgan fingerprint density at radius 1 is 0.966 bits per heavy atom. The van der Waals surface area contributed by atoms with Crippen LogP contribution in [-0.4, -0.2) is 22.6 Å². The SMILES string of the molecule is NC(=O)CSc1ccccc1C(=O)Nc1ccc(-c2nc3ccccc3s2)cc1. The van der Waals surface area contributed by atoms with Gasteiger partial charge in [0.1, 0.15) is 5.01 Å². The van der Waals surface area contributed by atoms with Gasteiger partial charge in [-0.3, -0.25) is 9.59 Å². The third kappa shape index (κ3) is 4.47. The first kappa shape index (κ1) is 19.2. The monoisotopic (exact) mass is 419 g/mol. The topological polar surface area (TPSA) is 85.1 Å². The van der Waals surface area contributed by atoms with Crippen molar-refractivity contribution in [3.05, 3.63) is 78.4 Å². The number of carbonyl (C=O) groups excluding carboxylic acids is 2. The van der Waals surface area contributed by atoms with Gasteiger partial charge < -0.3 is 11.1 Å². The third-order valence-electron chi connectivity index (χ3n) is 4.19. The number of nitrogens with one attached hydrogen (secondary N) is 1. The minimum Gasteiger partial charge on any atom is -0.369 e. The van der Waals surface area contributed by atoms with E-state index in [9.17, 15) is 9.59 Å². The van der Waals surface area contributed by atoms with Crippen molar-refractivity contribution in [1.82, 2.24) is 4.98 Å². The second-order valence-corrected chi connectivity index (χ2v) is 8.32. The van der Waals surface area contributed by atoms with Gasteiger partial charge in [0.2, 0.25) is 5.91 Å². The molecule has 5 nitrogen and oxygen atoms in total. The fourth-order valence-corrected chi connectivity index (χ4v) is 4.58. The zero-order valence-electron chi connectivity index (χ0n) is 15.3. The van der Waals surface area contributed by atoms with Gasteiger partial charge in [-0.15, -0.1) is 23.1 Å². The van der Waals surface area contributed by atoms with Gasteiger partial charge in [0.05, 0.1) is 21.5 Å². The Morgan fingerprint density at radius 2 is 1.69 bits per heavy atom. The number of aromatic nitrogens is 1. The summed E-state index contributed by atoms with van der Waals surface area (Å²) >= 11 is 2.89. The van der Waals surface area contributed by atoms with Crippen LogP contribution in [0, 0.1) is 0 Å². The summed E-state index contributed by atoms with van der Waals surface area (Å²) < 4.78 is 1.14. The molecule has 144 valence electrons. The number of hydrogen-bond acceptors (Lipinski definition) is 5. The van der Waals surface area contributed by atoms with Crippen LogP contribution in [0.2, 0.25) is 0 Å². The molecule has 0 aliphatic heterocycles. The van der Waals surface area contributed by atoms with E-state index in [1.165, 1.54) is 11.8 Å². The van der Waals surface area contributed by atoms with E-state index in [1.54, 1.807) is 29.5 Å². The van der Waals surface area contributed by atoms with E-state index in [0.717, 1.165) is 25.7 Å². The molecule has 0 unspecified atom stereocenters. The zero-order chi connectivity index (χ0) is 20.2. The fourth-order valence-electron chi connectivity index (χ4n) is 2.82. The number of nitrogens with zero attached hydrogens (tertiary/aromatic N) is 1. The van der Waals surface area contributed by atoms with Gasteiger partial charge in [0, 0.05) is 16.1 Å². The van der Waals surface area contributed by atoms with Crippen molar-refractivity contribution in [3.8, 4) is 10.6 Å². The van der Waals surface area contributed by atoms with Gasteiger partial charge >= 0.3 is 0 Å². The van der Waals surface area contributed by atoms with Gasteiger partial charge in [0.25, 0.3) is 5.91 Å². The molecule has 7 heteroatoms. The summed E-state index contributed by atoms with van der Waals surface area (Å²) in [6.07, 6.45) is 0. The van der Waals surface area contributed by atoms with Crippen LogP contribution >= 0.6 is 23.1 Å². The standard InChI is InChI=1S/C22H17N3O2S2/c23-20(26)13-28-18-7-3-1-5-16(18)21(27)24-15-11-9-14(10-12-15)22-25-17-6-2-4-8-19(17)29-22/h1-12H,13H2,(H2,23,26)(H,24,27). The average molecular weight is 420 g/mol. The second kappa shape index (κ2) is 8.46. The molecule has 4 aromatic rings. The maximum Gasteiger partial charge on any atom is 0.256 e. The Kier molecular flexibility index (Phi) is 5.59. The predicted molar refractivity (Wildman–Crippen MR) is 119 cm³/mol. The Hall–Kier alpha value is -3.16. The van der Waals surface area contributed by atoms with Gasteiger partial charge in [-0.1, -0.05) is 24.3 Å². The van der Waals surface area contributed by atoms with Gasteiger partial charge in [0.15, 0.2) is 0 Å². The molecule has 0 aliphatic carbocycles. The molecule has 0 atom stereocenters. The van der Waals surface area contributed by atoms with Crippen molar-refractivity contribution in [1.29, 1.82) is 0 Å². The fraction of sp³-hybridized carbons (Fsp3) is 0.0455. The number of amides is 2. The average Bonchev–Trinajstić information content (AvgIpc) is 3.17. The van der Waals surface area contributed by atoms with Crippen molar-refractivity contribution < 1.29 is 9.59 Å². The second-order valence-electron chi connectivity index (χ2n) is 6.27. The molecule has 0 aliphatic rings. The van der Waals surface area contributed by atoms with Crippen molar-refractivity contribution in [2.24, 2.45) is 5.73 Å². The number of benzene rings is 3. The smallest absolute Gasteiger partial charge is 0.256 e. The molecule has 2 amide bonds. The summed E-state index contributed by atoms with van der Waals surface area (Å²) in [5, 5.41) is 3.85. The summed E-state index contributed by atoms with van der Waals surface area (Å²) in [7, 11) is 0. The van der Waals surface area contributed by atoms with Crippen molar-refractivity contribution in [2.75, 3.05) is 11.1 Å². The first-order valence-electron chi connectivity index (χ1n) is 8.87. The minimum atomic E-state index is -0.421. The van der Waals surface area contributed by atoms with Crippen LogP contribution in [0.4, 0.5) is 5.69 Å². The highest BCUT2D eigenvalue weighted by atomic mass is 32.2. The molecule has 4 rings (SSSR count). The summed E-state index contributed by atoms with van der Waals surface area (Å²) in [6.45, 7) is 0. The van der Waals surface area contributed by atoms with E-state index < -0.39 is 5.91 Å². The summed E-state index contributed by atoms with van der Waals surface area (Å²) in [5.41, 5.74) is 8.39. The summed E-state index contributed by atoms with van der Waals surface area (Å²) in [4.78, 5) is 29.1. The van der Waals surface area contributed by atoms with Crippen molar-refractivity contribution in [3.63, 3.8) is 0 Å². The molecule has 0 bridgehead atoms. The van der Waals surface area contributed by atoms with E-state index in [0.29, 0.717) is 11.3 Å². The number of fused-ring (bicyclic) bond motifs is 1. The van der Waals surface area contributed by atoms with Gasteiger partial charge in [-0.25, -0.2) is 4.98 Å². The molecule has 3 aromatic carbocycles. The van der Waals surface area contributed by atoms with E-state index in [4.69, 9.17) is 5.73 Å². The van der Waals surface area contributed by atoms with Crippen molar-refractivity contribution >= 4 is 50.8 Å². The number of anilines is 1. The Labute approximate surface area is 176 Å². The molecule has 0 spiro atoms. The Balaban J connectivity index is 1.50. The minimum absolute atomic E-state index is 0.126. The first-order chi connectivity index (χ1) is 14.1. The summed E-state index contributed by atoms with van der Waals surface area (Å²) in [5.74, 6) is -0.526. The van der Waals surface area contributed by atoms with Crippen LogP contribution in [0.15, 0.2) is 77.7 Å². The Morgan fingerprint density at radius 3 is 2.45 bits per heavy atom. The number of para-hydroxylation sites is 1. The van der Waals surface area contributed by atoms with Crippen LogP contribution in [-0.2, 0) is 4.79 Å². The van der Waals surface area contributed by atoms with Crippen LogP contribution in [0.3, 0.4) is 0 Å². The molecule has 3 N–H and O–H groups in total. The molecular weight excluding hydrogens is 402 g/mol. The number of thioether (sulfide) groups is 1. The molecule has 0 saturated heterocycles. The molecule has 0 saturated carbocycles. The molecule has 0 fully saturated rings. The number of nitrogens with two attached hydrogens (primary N) is 1. The Bertz CT molecular complexity index is 1150.